The molecule has 0 saturated heterocycles. The van der Waals surface area contributed by atoms with Crippen LogP contribution in [0.5, 0.6) is 0 Å². The number of methoxy groups -OCH3 is 1. The second-order valence-corrected chi connectivity index (χ2v) is 7.22. The lowest BCUT2D eigenvalue weighted by molar-refractivity contribution is -0.119. The van der Waals surface area contributed by atoms with E-state index >= 15 is 0 Å². The van der Waals surface area contributed by atoms with E-state index in [1.165, 1.54) is 31.4 Å². The van der Waals surface area contributed by atoms with Gasteiger partial charge in [0.1, 0.15) is 6.04 Å². The Kier molecular flexibility index (Phi) is 7.25. The smallest absolute Gasteiger partial charge is 0.337 e. The number of carbonyl (C=O) groups excluding carboxylic acids is 3. The van der Waals surface area contributed by atoms with Crippen molar-refractivity contribution in [3.8, 4) is 0 Å². The number of primary amides is 1. The van der Waals surface area contributed by atoms with Gasteiger partial charge in [0.05, 0.1) is 23.5 Å². The summed E-state index contributed by atoms with van der Waals surface area (Å²) >= 11 is 0. The zero-order chi connectivity index (χ0) is 19.8. The van der Waals surface area contributed by atoms with E-state index in [-0.39, 0.29) is 23.3 Å². The van der Waals surface area contributed by atoms with Gasteiger partial charge in [-0.05, 0) is 36.8 Å². The molecule has 2 amide bonds. The van der Waals surface area contributed by atoms with Gasteiger partial charge in [-0.15, -0.1) is 0 Å². The Hall–Kier alpha value is -3.00. The summed E-state index contributed by atoms with van der Waals surface area (Å²) in [5.41, 5.74) is 5.76. The first-order chi connectivity index (χ1) is 12.9. The number of hydrogen-bond acceptors (Lipinski definition) is 5. The fourth-order valence-corrected chi connectivity index (χ4v) is 3.49. The molecule has 7 nitrogen and oxygen atoms in total. The minimum Gasteiger partial charge on any atom is -0.465 e. The molecule has 2 aromatic rings. The molecular weight excluding hydrogens is 368 g/mol. The largest absolute Gasteiger partial charge is 0.465 e. The standard InChI is InChI=1S/C19H20N2O5S/c1-26-19(24)14-7-5-6-13(12-14)18(23)21-16(17(20)22)10-11-27(25)15-8-3-2-4-9-15/h2-9,12,16H,10-11H2,1H3,(H2,20,22)(H,21,23)/t16-,27+/m1/s1. The lowest BCUT2D eigenvalue weighted by atomic mass is 10.1. The van der Waals surface area contributed by atoms with Crippen molar-refractivity contribution < 1.29 is 23.3 Å². The summed E-state index contributed by atoms with van der Waals surface area (Å²) in [6.07, 6.45) is 0.124. The van der Waals surface area contributed by atoms with E-state index in [0.29, 0.717) is 4.90 Å². The highest BCUT2D eigenvalue weighted by Crippen LogP contribution is 2.10. The maximum Gasteiger partial charge on any atom is 0.337 e. The van der Waals surface area contributed by atoms with Crippen molar-refractivity contribution in [2.24, 2.45) is 5.73 Å². The Bertz CT molecular complexity index is 854. The van der Waals surface area contributed by atoms with Crippen LogP contribution in [-0.2, 0) is 20.3 Å². The highest BCUT2D eigenvalue weighted by molar-refractivity contribution is 7.85. The number of rotatable bonds is 8. The maximum absolute atomic E-state index is 12.4. The minimum absolute atomic E-state index is 0.124. The molecule has 0 aliphatic heterocycles. The van der Waals surface area contributed by atoms with E-state index in [1.807, 2.05) is 6.07 Å². The fraction of sp³-hybridized carbons (Fsp3) is 0.211. The predicted molar refractivity (Wildman–Crippen MR) is 101 cm³/mol. The van der Waals surface area contributed by atoms with Crippen molar-refractivity contribution in [2.45, 2.75) is 17.4 Å². The molecule has 2 aromatic carbocycles. The Morgan fingerprint density at radius 1 is 1.07 bits per heavy atom. The number of amides is 2. The second-order valence-electron chi connectivity index (χ2n) is 5.65. The fourth-order valence-electron chi connectivity index (χ4n) is 2.35. The van der Waals surface area contributed by atoms with Gasteiger partial charge in [0, 0.05) is 16.2 Å². The number of ether oxygens (including phenoxy) is 1. The number of hydrogen-bond donors (Lipinski definition) is 2. The number of nitrogens with two attached hydrogens (primary N) is 1. The predicted octanol–water partition coefficient (Wildman–Crippen LogP) is 1.25. The first kappa shape index (κ1) is 20.3. The van der Waals surface area contributed by atoms with Crippen LogP contribution < -0.4 is 11.1 Å². The molecule has 0 fully saturated rings. The lowest BCUT2D eigenvalue weighted by Crippen LogP contribution is -2.45. The van der Waals surface area contributed by atoms with Crippen LogP contribution in [0.1, 0.15) is 27.1 Å². The maximum atomic E-state index is 12.4. The Morgan fingerprint density at radius 3 is 2.37 bits per heavy atom. The summed E-state index contributed by atoms with van der Waals surface area (Å²) < 4.78 is 16.9. The van der Waals surface area contributed by atoms with Crippen LogP contribution in [0.3, 0.4) is 0 Å². The van der Waals surface area contributed by atoms with Crippen molar-refractivity contribution in [2.75, 3.05) is 12.9 Å². The molecule has 0 spiro atoms. The van der Waals surface area contributed by atoms with Crippen LogP contribution in [0, 0.1) is 0 Å². The Morgan fingerprint density at radius 2 is 1.74 bits per heavy atom. The second kappa shape index (κ2) is 9.63. The third kappa shape index (κ3) is 5.75. The van der Waals surface area contributed by atoms with E-state index in [4.69, 9.17) is 5.73 Å². The normalized spacial score (nSPS) is 12.6. The van der Waals surface area contributed by atoms with Crippen LogP contribution >= 0.6 is 0 Å². The van der Waals surface area contributed by atoms with Crippen molar-refractivity contribution in [1.82, 2.24) is 5.32 Å². The summed E-state index contributed by atoms with van der Waals surface area (Å²) in [6, 6.07) is 13.7. The highest BCUT2D eigenvalue weighted by atomic mass is 32.2. The van der Waals surface area contributed by atoms with Gasteiger partial charge in [-0.1, -0.05) is 24.3 Å². The van der Waals surface area contributed by atoms with Crippen LogP contribution in [0.15, 0.2) is 59.5 Å². The summed E-state index contributed by atoms with van der Waals surface area (Å²) in [4.78, 5) is 36.3. The molecule has 142 valence electrons. The first-order valence-corrected chi connectivity index (χ1v) is 9.46. The van der Waals surface area contributed by atoms with E-state index in [0.717, 1.165) is 0 Å². The number of nitrogens with one attached hydrogen (secondary N) is 1. The summed E-state index contributed by atoms with van der Waals surface area (Å²) in [7, 11) is -0.0701. The molecule has 0 saturated carbocycles. The molecule has 0 aliphatic rings. The van der Waals surface area contributed by atoms with E-state index in [1.54, 1.807) is 24.3 Å². The van der Waals surface area contributed by atoms with Crippen LogP contribution in [0.4, 0.5) is 0 Å². The van der Waals surface area contributed by atoms with Crippen LogP contribution in [0.2, 0.25) is 0 Å². The van der Waals surface area contributed by atoms with Gasteiger partial charge in [-0.2, -0.15) is 0 Å². The molecule has 27 heavy (non-hydrogen) atoms. The molecule has 2 atom stereocenters. The Balaban J connectivity index is 2.03. The quantitative estimate of drug-likeness (QED) is 0.661. The highest BCUT2D eigenvalue weighted by Gasteiger charge is 2.21. The van der Waals surface area contributed by atoms with E-state index < -0.39 is 34.6 Å². The van der Waals surface area contributed by atoms with Crippen LogP contribution in [0.25, 0.3) is 0 Å². The molecule has 3 N–H and O–H groups in total. The molecule has 0 radical (unpaired) electrons. The zero-order valence-electron chi connectivity index (χ0n) is 14.7. The summed E-state index contributed by atoms with van der Waals surface area (Å²) in [6.45, 7) is 0. The van der Waals surface area contributed by atoms with Gasteiger partial charge in [0.2, 0.25) is 5.91 Å². The summed E-state index contributed by atoms with van der Waals surface area (Å²) in [5.74, 6) is -1.69. The van der Waals surface area contributed by atoms with Crippen LogP contribution in [-0.4, -0.2) is 40.9 Å². The molecule has 0 heterocycles. The van der Waals surface area contributed by atoms with Gasteiger partial charge in [0.15, 0.2) is 0 Å². The molecule has 2 rings (SSSR count). The number of esters is 1. The van der Waals surface area contributed by atoms with Gasteiger partial charge in [-0.3, -0.25) is 13.8 Å². The molecule has 0 unspecified atom stereocenters. The molecular formula is C19H20N2O5S. The first-order valence-electron chi connectivity index (χ1n) is 8.14. The molecule has 0 bridgehead atoms. The molecule has 0 aromatic heterocycles. The van der Waals surface area contributed by atoms with E-state index in [9.17, 15) is 18.6 Å². The van der Waals surface area contributed by atoms with Gasteiger partial charge in [0.25, 0.3) is 5.91 Å². The minimum atomic E-state index is -1.31. The van der Waals surface area contributed by atoms with Crippen molar-refractivity contribution in [1.29, 1.82) is 0 Å². The Labute approximate surface area is 159 Å². The topological polar surface area (TPSA) is 116 Å². The SMILES string of the molecule is COC(=O)c1cccc(C(=O)N[C@H](CC[S@](=O)c2ccccc2)C(N)=O)c1. The average molecular weight is 388 g/mol. The third-order valence-corrected chi connectivity index (χ3v) is 5.20. The monoisotopic (exact) mass is 388 g/mol. The third-order valence-electron chi connectivity index (χ3n) is 3.79. The average Bonchev–Trinajstić information content (AvgIpc) is 2.70. The number of benzene rings is 2. The molecule has 0 aliphatic carbocycles. The van der Waals surface area contributed by atoms with Crippen molar-refractivity contribution in [3.63, 3.8) is 0 Å². The number of carbonyl (C=O) groups is 3. The molecule has 8 heteroatoms. The lowest BCUT2D eigenvalue weighted by Gasteiger charge is -2.15. The van der Waals surface area contributed by atoms with Gasteiger partial charge in [-0.25, -0.2) is 4.79 Å². The van der Waals surface area contributed by atoms with Crippen molar-refractivity contribution in [3.05, 3.63) is 65.7 Å². The zero-order valence-corrected chi connectivity index (χ0v) is 15.5. The summed E-state index contributed by atoms with van der Waals surface area (Å²) in [5, 5.41) is 2.52. The van der Waals surface area contributed by atoms with Gasteiger partial charge >= 0.3 is 5.97 Å². The van der Waals surface area contributed by atoms with E-state index in [2.05, 4.69) is 10.1 Å². The van der Waals surface area contributed by atoms with Crippen molar-refractivity contribution >= 4 is 28.6 Å². The van der Waals surface area contributed by atoms with Gasteiger partial charge < -0.3 is 15.8 Å².